The Labute approximate surface area is 165 Å². The van der Waals surface area contributed by atoms with Crippen LogP contribution in [0.5, 0.6) is 0 Å². The van der Waals surface area contributed by atoms with Gasteiger partial charge in [-0.05, 0) is 50.6 Å². The van der Waals surface area contributed by atoms with Gasteiger partial charge in [0.1, 0.15) is 5.56 Å². The van der Waals surface area contributed by atoms with Crippen molar-refractivity contribution in [1.82, 2.24) is 14.8 Å². The first kappa shape index (κ1) is 18.9. The van der Waals surface area contributed by atoms with Crippen LogP contribution in [-0.4, -0.2) is 60.6 Å². The number of carbonyl (C=O) groups is 1. The van der Waals surface area contributed by atoms with E-state index in [4.69, 9.17) is 4.74 Å². The maximum absolute atomic E-state index is 13.5. The highest BCUT2D eigenvalue weighted by atomic mass is 16.5. The van der Waals surface area contributed by atoms with Gasteiger partial charge >= 0.3 is 0 Å². The van der Waals surface area contributed by atoms with Crippen molar-refractivity contribution in [2.45, 2.75) is 31.4 Å². The minimum absolute atomic E-state index is 0.149. The molecule has 1 aromatic heterocycles. The van der Waals surface area contributed by atoms with Gasteiger partial charge in [-0.3, -0.25) is 9.59 Å². The summed E-state index contributed by atoms with van der Waals surface area (Å²) in [6.07, 6.45) is 2.68. The van der Waals surface area contributed by atoms with Crippen LogP contribution in [0.4, 0.5) is 0 Å². The standard InChI is InChI=1S/C22H27N3O3/c1-24(2)14-19-20(15-7-4-3-5-8-15)25(11-12-28-19)22(27)17-13-16-9-6-10-18(16)23-21(17)26/h3-5,7-8,13,19-20H,6,9-12,14H2,1-2H3,(H,23,26)/t19-,20-/m0/s1. The van der Waals surface area contributed by atoms with Gasteiger partial charge in [0.2, 0.25) is 0 Å². The summed E-state index contributed by atoms with van der Waals surface area (Å²) in [5.74, 6) is -0.211. The molecule has 1 aromatic carbocycles. The number of aromatic nitrogens is 1. The number of amides is 1. The van der Waals surface area contributed by atoms with Crippen LogP contribution < -0.4 is 5.56 Å². The minimum atomic E-state index is -0.284. The molecule has 2 atom stereocenters. The van der Waals surface area contributed by atoms with Crippen molar-refractivity contribution in [3.8, 4) is 0 Å². The predicted octanol–water partition coefficient (Wildman–Crippen LogP) is 2.01. The van der Waals surface area contributed by atoms with Gasteiger partial charge in [-0.15, -0.1) is 0 Å². The predicted molar refractivity (Wildman–Crippen MR) is 108 cm³/mol. The number of likely N-dealkylation sites (N-methyl/N-ethyl adjacent to an activating group) is 1. The summed E-state index contributed by atoms with van der Waals surface area (Å²) in [7, 11) is 3.99. The fourth-order valence-corrected chi connectivity index (χ4v) is 4.35. The molecule has 0 radical (unpaired) electrons. The van der Waals surface area contributed by atoms with E-state index in [2.05, 4.69) is 9.88 Å². The number of nitrogens with zero attached hydrogens (tertiary/aromatic N) is 2. The summed E-state index contributed by atoms with van der Waals surface area (Å²) < 4.78 is 6.05. The molecule has 1 amide bonds. The number of pyridine rings is 1. The number of aryl methyl sites for hydroxylation is 2. The van der Waals surface area contributed by atoms with Crippen molar-refractivity contribution in [3.63, 3.8) is 0 Å². The number of fused-ring (bicyclic) bond motifs is 1. The molecule has 6 heteroatoms. The number of nitrogens with one attached hydrogen (secondary N) is 1. The van der Waals surface area contributed by atoms with Crippen molar-refractivity contribution >= 4 is 5.91 Å². The second-order valence-electron chi connectivity index (χ2n) is 7.90. The lowest BCUT2D eigenvalue weighted by Gasteiger charge is -2.42. The Morgan fingerprint density at radius 2 is 2.04 bits per heavy atom. The van der Waals surface area contributed by atoms with Gasteiger partial charge in [-0.25, -0.2) is 0 Å². The monoisotopic (exact) mass is 381 g/mol. The van der Waals surface area contributed by atoms with Crippen LogP contribution >= 0.6 is 0 Å². The van der Waals surface area contributed by atoms with E-state index in [0.29, 0.717) is 19.7 Å². The van der Waals surface area contributed by atoms with Crippen molar-refractivity contribution in [1.29, 1.82) is 0 Å². The first-order chi connectivity index (χ1) is 13.5. The normalized spacial score (nSPS) is 21.8. The molecular weight excluding hydrogens is 354 g/mol. The number of rotatable bonds is 4. The average Bonchev–Trinajstić information content (AvgIpc) is 3.14. The maximum Gasteiger partial charge on any atom is 0.261 e. The number of H-pyrrole nitrogens is 1. The van der Waals surface area contributed by atoms with Crippen LogP contribution in [0.25, 0.3) is 0 Å². The summed E-state index contributed by atoms with van der Waals surface area (Å²) in [6, 6.07) is 11.5. The van der Waals surface area contributed by atoms with E-state index in [-0.39, 0.29) is 29.2 Å². The Morgan fingerprint density at radius 3 is 2.79 bits per heavy atom. The third-order valence-electron chi connectivity index (χ3n) is 5.62. The molecule has 0 spiro atoms. The fraction of sp³-hybridized carbons (Fsp3) is 0.455. The van der Waals surface area contributed by atoms with Crippen LogP contribution in [0.15, 0.2) is 41.2 Å². The molecule has 1 N–H and O–H groups in total. The SMILES string of the molecule is CN(C)C[C@@H]1OCCN(C(=O)c2cc3c([nH]c2=O)CCC3)[C@H]1c1ccccc1. The molecule has 0 bridgehead atoms. The lowest BCUT2D eigenvalue weighted by Crippen LogP contribution is -2.51. The van der Waals surface area contributed by atoms with Gasteiger partial charge in [0, 0.05) is 18.8 Å². The Hall–Kier alpha value is -2.44. The Bertz CT molecular complexity index is 907. The first-order valence-corrected chi connectivity index (χ1v) is 9.92. The van der Waals surface area contributed by atoms with Crippen molar-refractivity contribution < 1.29 is 9.53 Å². The fourth-order valence-electron chi connectivity index (χ4n) is 4.35. The Kier molecular flexibility index (Phi) is 5.33. The zero-order valence-electron chi connectivity index (χ0n) is 16.5. The molecular formula is C22H27N3O3. The van der Waals surface area contributed by atoms with E-state index >= 15 is 0 Å². The van der Waals surface area contributed by atoms with Crippen molar-refractivity contribution in [3.05, 3.63) is 69.1 Å². The number of hydrogen-bond acceptors (Lipinski definition) is 4. The second-order valence-corrected chi connectivity index (χ2v) is 7.90. The molecule has 148 valence electrons. The molecule has 2 aromatic rings. The summed E-state index contributed by atoms with van der Waals surface area (Å²) in [5, 5.41) is 0. The molecule has 1 aliphatic heterocycles. The highest BCUT2D eigenvalue weighted by Crippen LogP contribution is 2.31. The van der Waals surface area contributed by atoms with Crippen molar-refractivity contribution in [2.75, 3.05) is 33.8 Å². The minimum Gasteiger partial charge on any atom is -0.373 e. The van der Waals surface area contributed by atoms with E-state index in [1.807, 2.05) is 55.4 Å². The third kappa shape index (κ3) is 3.62. The molecule has 4 rings (SSSR count). The van der Waals surface area contributed by atoms with Gasteiger partial charge < -0.3 is 19.5 Å². The number of aromatic amines is 1. The average molecular weight is 381 g/mol. The lowest BCUT2D eigenvalue weighted by molar-refractivity contribution is -0.0685. The van der Waals surface area contributed by atoms with Gasteiger partial charge in [0.15, 0.2) is 0 Å². The van der Waals surface area contributed by atoms with Crippen LogP contribution in [0.1, 0.15) is 39.6 Å². The number of carbonyl (C=O) groups excluding carboxylic acids is 1. The van der Waals surface area contributed by atoms with Crippen LogP contribution in [0.3, 0.4) is 0 Å². The quantitative estimate of drug-likeness (QED) is 0.880. The molecule has 0 unspecified atom stereocenters. The summed E-state index contributed by atoms with van der Waals surface area (Å²) in [4.78, 5) is 32.9. The molecule has 28 heavy (non-hydrogen) atoms. The highest BCUT2D eigenvalue weighted by molar-refractivity contribution is 5.94. The number of morpholine rings is 1. The second kappa shape index (κ2) is 7.89. The van der Waals surface area contributed by atoms with E-state index < -0.39 is 0 Å². The molecule has 6 nitrogen and oxygen atoms in total. The highest BCUT2D eigenvalue weighted by Gasteiger charge is 2.37. The number of benzene rings is 1. The third-order valence-corrected chi connectivity index (χ3v) is 5.62. The van der Waals surface area contributed by atoms with Crippen molar-refractivity contribution in [2.24, 2.45) is 0 Å². The van der Waals surface area contributed by atoms with Gasteiger partial charge in [0.25, 0.3) is 11.5 Å². The van der Waals surface area contributed by atoms with E-state index in [9.17, 15) is 9.59 Å². The molecule has 1 aliphatic carbocycles. The Morgan fingerprint density at radius 1 is 1.25 bits per heavy atom. The largest absolute Gasteiger partial charge is 0.373 e. The molecule has 0 saturated carbocycles. The van der Waals surface area contributed by atoms with E-state index in [0.717, 1.165) is 36.1 Å². The topological polar surface area (TPSA) is 65.6 Å². The molecule has 2 aliphatic rings. The summed E-state index contributed by atoms with van der Waals surface area (Å²) >= 11 is 0. The zero-order valence-corrected chi connectivity index (χ0v) is 16.5. The Balaban J connectivity index is 1.71. The zero-order chi connectivity index (χ0) is 19.7. The molecule has 1 fully saturated rings. The summed E-state index contributed by atoms with van der Waals surface area (Å²) in [6.45, 7) is 1.64. The van der Waals surface area contributed by atoms with Crippen LogP contribution in [0.2, 0.25) is 0 Å². The van der Waals surface area contributed by atoms with Gasteiger partial charge in [-0.2, -0.15) is 0 Å². The smallest absolute Gasteiger partial charge is 0.261 e. The first-order valence-electron chi connectivity index (χ1n) is 9.92. The van der Waals surface area contributed by atoms with Crippen LogP contribution in [0, 0.1) is 0 Å². The van der Waals surface area contributed by atoms with Gasteiger partial charge in [-0.1, -0.05) is 30.3 Å². The number of ether oxygens (including phenoxy) is 1. The molecule has 1 saturated heterocycles. The van der Waals surface area contributed by atoms with E-state index in [1.165, 1.54) is 0 Å². The summed E-state index contributed by atoms with van der Waals surface area (Å²) in [5.41, 5.74) is 3.06. The number of hydrogen-bond donors (Lipinski definition) is 1. The molecule has 2 heterocycles. The van der Waals surface area contributed by atoms with Gasteiger partial charge in [0.05, 0.1) is 18.8 Å². The lowest BCUT2D eigenvalue weighted by atomic mass is 9.96. The van der Waals surface area contributed by atoms with E-state index in [1.54, 1.807) is 0 Å². The van der Waals surface area contributed by atoms with Crippen LogP contribution in [-0.2, 0) is 17.6 Å². The maximum atomic E-state index is 13.5.